The Hall–Kier alpha value is -0.540. The summed E-state index contributed by atoms with van der Waals surface area (Å²) in [5.41, 5.74) is 0. The highest BCUT2D eigenvalue weighted by molar-refractivity contribution is 6.32. The summed E-state index contributed by atoms with van der Waals surface area (Å²) in [6.07, 6.45) is 0. The van der Waals surface area contributed by atoms with Crippen molar-refractivity contribution < 1.29 is 0 Å². The number of nitrogens with zero attached hydrogens (tertiary/aromatic N) is 3. The third-order valence-electron chi connectivity index (χ3n) is 1.74. The van der Waals surface area contributed by atoms with Crippen LogP contribution in [0, 0.1) is 0 Å². The molecule has 1 rings (SSSR count). The summed E-state index contributed by atoms with van der Waals surface area (Å²) in [5.74, 6) is 0.773. The van der Waals surface area contributed by atoms with Crippen LogP contribution in [0.1, 0.15) is 13.8 Å². The van der Waals surface area contributed by atoms with Crippen LogP contribution in [0.4, 0.5) is 5.82 Å². The van der Waals surface area contributed by atoms with E-state index in [4.69, 9.17) is 23.2 Å². The highest BCUT2D eigenvalue weighted by Gasteiger charge is 2.06. The van der Waals surface area contributed by atoms with Gasteiger partial charge >= 0.3 is 0 Å². The lowest BCUT2D eigenvalue weighted by Crippen LogP contribution is -2.23. The third kappa shape index (κ3) is 2.71. The number of anilines is 1. The van der Waals surface area contributed by atoms with Gasteiger partial charge in [0.1, 0.15) is 11.0 Å². The van der Waals surface area contributed by atoms with Gasteiger partial charge in [0, 0.05) is 19.2 Å². The van der Waals surface area contributed by atoms with Crippen molar-refractivity contribution in [2.45, 2.75) is 13.8 Å². The lowest BCUT2D eigenvalue weighted by Gasteiger charge is -2.19. The zero-order valence-electron chi connectivity index (χ0n) is 7.59. The van der Waals surface area contributed by atoms with Gasteiger partial charge in [-0.2, -0.15) is 0 Å². The number of hydrogen-bond acceptors (Lipinski definition) is 3. The Morgan fingerprint density at radius 1 is 1.23 bits per heavy atom. The van der Waals surface area contributed by atoms with Crippen molar-refractivity contribution in [3.05, 3.63) is 16.5 Å². The molecule has 0 amide bonds. The van der Waals surface area contributed by atoms with Crippen LogP contribution in [0.3, 0.4) is 0 Å². The predicted molar refractivity (Wildman–Crippen MR) is 55.6 cm³/mol. The molecule has 0 bridgehead atoms. The monoisotopic (exact) mass is 219 g/mol. The minimum atomic E-state index is 0.189. The first-order chi connectivity index (χ1) is 6.17. The second-order valence-corrected chi connectivity index (χ2v) is 3.22. The van der Waals surface area contributed by atoms with Crippen molar-refractivity contribution >= 4 is 29.0 Å². The molecule has 0 aliphatic carbocycles. The maximum atomic E-state index is 5.75. The molecule has 0 saturated carbocycles. The molecule has 1 heterocycles. The van der Waals surface area contributed by atoms with Gasteiger partial charge < -0.3 is 4.90 Å². The van der Waals surface area contributed by atoms with E-state index in [1.807, 2.05) is 13.8 Å². The molecule has 3 nitrogen and oxygen atoms in total. The number of aromatic nitrogens is 2. The summed E-state index contributed by atoms with van der Waals surface area (Å²) >= 11 is 11.4. The highest BCUT2D eigenvalue weighted by atomic mass is 35.5. The van der Waals surface area contributed by atoms with Crippen molar-refractivity contribution in [3.63, 3.8) is 0 Å². The van der Waals surface area contributed by atoms with Gasteiger partial charge in [0.05, 0.1) is 0 Å². The number of rotatable bonds is 3. The average molecular weight is 220 g/mol. The summed E-state index contributed by atoms with van der Waals surface area (Å²) in [4.78, 5) is 9.91. The molecule has 0 N–H and O–H groups in total. The zero-order valence-corrected chi connectivity index (χ0v) is 9.10. The average Bonchev–Trinajstić information content (AvgIpc) is 2.04. The van der Waals surface area contributed by atoms with Gasteiger partial charge in [-0.3, -0.25) is 0 Å². The molecule has 0 fully saturated rings. The molecule has 1 aromatic rings. The van der Waals surface area contributed by atoms with Crippen LogP contribution in [0.5, 0.6) is 0 Å². The third-order valence-corrected chi connectivity index (χ3v) is 2.10. The summed E-state index contributed by atoms with van der Waals surface area (Å²) in [7, 11) is 0. The van der Waals surface area contributed by atoms with E-state index < -0.39 is 0 Å². The fourth-order valence-corrected chi connectivity index (χ4v) is 1.49. The first-order valence-corrected chi connectivity index (χ1v) is 4.88. The summed E-state index contributed by atoms with van der Waals surface area (Å²) in [5, 5.41) is 0.566. The fourth-order valence-electron chi connectivity index (χ4n) is 1.09. The van der Waals surface area contributed by atoms with Gasteiger partial charge in [0.2, 0.25) is 5.28 Å². The van der Waals surface area contributed by atoms with Crippen LogP contribution in [0.15, 0.2) is 6.07 Å². The molecule has 13 heavy (non-hydrogen) atoms. The van der Waals surface area contributed by atoms with Crippen LogP contribution in [-0.2, 0) is 0 Å². The molecule has 0 spiro atoms. The van der Waals surface area contributed by atoms with Gasteiger partial charge in [-0.1, -0.05) is 11.6 Å². The molecule has 5 heteroatoms. The Morgan fingerprint density at radius 3 is 2.31 bits per heavy atom. The first-order valence-electron chi connectivity index (χ1n) is 4.12. The molecule has 0 aliphatic rings. The Kier molecular flexibility index (Phi) is 3.75. The van der Waals surface area contributed by atoms with Crippen LogP contribution < -0.4 is 4.90 Å². The molecule has 0 atom stereocenters. The van der Waals surface area contributed by atoms with Crippen LogP contribution in [0.25, 0.3) is 0 Å². The lowest BCUT2D eigenvalue weighted by atomic mass is 10.4. The molecule has 0 radical (unpaired) electrons. The lowest BCUT2D eigenvalue weighted by molar-refractivity contribution is 0.841. The molecule has 0 saturated heterocycles. The van der Waals surface area contributed by atoms with E-state index >= 15 is 0 Å². The SMILES string of the molecule is CCN(CC)c1cc(Cl)nc(Cl)n1. The Morgan fingerprint density at radius 2 is 1.85 bits per heavy atom. The van der Waals surface area contributed by atoms with E-state index in [0.717, 1.165) is 18.9 Å². The molecule has 0 aliphatic heterocycles. The maximum Gasteiger partial charge on any atom is 0.225 e. The summed E-state index contributed by atoms with van der Waals surface area (Å²) in [6.45, 7) is 5.85. The van der Waals surface area contributed by atoms with E-state index in [9.17, 15) is 0 Å². The normalized spacial score (nSPS) is 10.2. The van der Waals surface area contributed by atoms with E-state index in [-0.39, 0.29) is 5.28 Å². The predicted octanol–water partition coefficient (Wildman–Crippen LogP) is 2.63. The standard InChI is InChI=1S/C8H11Cl2N3/c1-3-13(4-2)7-5-6(9)11-8(10)12-7/h5H,3-4H2,1-2H3. The van der Waals surface area contributed by atoms with E-state index in [0.29, 0.717) is 5.15 Å². The topological polar surface area (TPSA) is 29.0 Å². The van der Waals surface area contributed by atoms with E-state index in [1.165, 1.54) is 0 Å². The highest BCUT2D eigenvalue weighted by Crippen LogP contribution is 2.17. The van der Waals surface area contributed by atoms with Crippen molar-refractivity contribution in [1.29, 1.82) is 0 Å². The molecular formula is C8H11Cl2N3. The van der Waals surface area contributed by atoms with Gasteiger partial charge in [-0.05, 0) is 25.4 Å². The fraction of sp³-hybridized carbons (Fsp3) is 0.500. The van der Waals surface area contributed by atoms with Crippen molar-refractivity contribution in [2.75, 3.05) is 18.0 Å². The Balaban J connectivity index is 2.99. The van der Waals surface area contributed by atoms with Crippen molar-refractivity contribution in [1.82, 2.24) is 9.97 Å². The quantitative estimate of drug-likeness (QED) is 0.579. The van der Waals surface area contributed by atoms with Gasteiger partial charge in [0.25, 0.3) is 0 Å². The minimum absolute atomic E-state index is 0.189. The largest absolute Gasteiger partial charge is 0.357 e. The zero-order chi connectivity index (χ0) is 9.84. The van der Waals surface area contributed by atoms with Crippen LogP contribution in [-0.4, -0.2) is 23.1 Å². The van der Waals surface area contributed by atoms with Crippen LogP contribution in [0.2, 0.25) is 10.4 Å². The molecule has 0 aromatic carbocycles. The number of halogens is 2. The summed E-state index contributed by atoms with van der Waals surface area (Å²) in [6, 6.07) is 1.71. The number of hydrogen-bond donors (Lipinski definition) is 0. The van der Waals surface area contributed by atoms with Crippen molar-refractivity contribution in [3.8, 4) is 0 Å². The van der Waals surface area contributed by atoms with Crippen LogP contribution >= 0.6 is 23.2 Å². The second-order valence-electron chi connectivity index (χ2n) is 2.49. The molecular weight excluding hydrogens is 209 g/mol. The Bertz CT molecular complexity index is 266. The van der Waals surface area contributed by atoms with Gasteiger partial charge in [-0.15, -0.1) is 0 Å². The Labute approximate surface area is 87.7 Å². The van der Waals surface area contributed by atoms with Crippen molar-refractivity contribution in [2.24, 2.45) is 0 Å². The van der Waals surface area contributed by atoms with Gasteiger partial charge in [-0.25, -0.2) is 9.97 Å². The maximum absolute atomic E-state index is 5.75. The van der Waals surface area contributed by atoms with E-state index in [1.54, 1.807) is 6.07 Å². The summed E-state index contributed by atoms with van der Waals surface area (Å²) < 4.78 is 0. The first kappa shape index (κ1) is 10.5. The molecule has 72 valence electrons. The molecule has 0 unspecified atom stereocenters. The van der Waals surface area contributed by atoms with Gasteiger partial charge in [0.15, 0.2) is 0 Å². The molecule has 1 aromatic heterocycles. The second kappa shape index (κ2) is 4.63. The smallest absolute Gasteiger partial charge is 0.225 e. The van der Waals surface area contributed by atoms with E-state index in [2.05, 4.69) is 14.9 Å². The minimum Gasteiger partial charge on any atom is -0.357 e.